The summed E-state index contributed by atoms with van der Waals surface area (Å²) in [5.41, 5.74) is 0. The first-order valence-corrected chi connectivity index (χ1v) is 11.3. The molecule has 23 nitrogen and oxygen atoms in total. The van der Waals surface area contributed by atoms with Gasteiger partial charge in [-0.3, -0.25) is 0 Å². The molecule has 0 fully saturated rings. The molecular formula is H28N7O16P5. The van der Waals surface area contributed by atoms with Gasteiger partial charge in [0.2, 0.25) is 0 Å². The highest BCUT2D eigenvalue weighted by molar-refractivity contribution is 7.71. The lowest BCUT2D eigenvalue weighted by Crippen LogP contribution is -1.97. The van der Waals surface area contributed by atoms with E-state index >= 15 is 0 Å². The summed E-state index contributed by atoms with van der Waals surface area (Å²) in [7, 11) is -29.3. The van der Waals surface area contributed by atoms with Crippen molar-refractivity contribution in [3.8, 4) is 0 Å². The van der Waals surface area contributed by atoms with E-state index < -0.39 is 39.1 Å². The topological polar surface area (TPSA) is 509 Å². The van der Waals surface area contributed by atoms with Gasteiger partial charge < -0.3 is 77.3 Å². The Kier molecular flexibility index (Phi) is 29.6. The van der Waals surface area contributed by atoms with E-state index in [9.17, 15) is 22.8 Å². The lowest BCUT2D eigenvalue weighted by molar-refractivity contribution is 0.188. The third-order valence-electron chi connectivity index (χ3n) is 0.832. The van der Waals surface area contributed by atoms with Crippen LogP contribution < -0.4 is 43.1 Å². The van der Waals surface area contributed by atoms with E-state index in [0.717, 1.165) is 0 Å². The lowest BCUT2D eigenvalue weighted by atomic mass is 14.0. The van der Waals surface area contributed by atoms with Crippen LogP contribution in [-0.2, 0) is 40.1 Å². The third-order valence-corrected chi connectivity index (χ3v) is 7.49. The van der Waals surface area contributed by atoms with E-state index in [1.807, 2.05) is 0 Å². The number of hydrogen-bond acceptors (Lipinski definition) is 16. The van der Waals surface area contributed by atoms with Crippen molar-refractivity contribution in [3.63, 3.8) is 0 Å². The van der Waals surface area contributed by atoms with E-state index in [2.05, 4.69) is 17.2 Å². The van der Waals surface area contributed by atoms with Crippen molar-refractivity contribution in [2.75, 3.05) is 0 Å². The Morgan fingerprint density at radius 2 is 0.500 bits per heavy atom. The smallest absolute Gasteiger partial charge is 0.344 e. The minimum absolute atomic E-state index is 0. The molecule has 0 rings (SSSR count). The second-order valence-corrected chi connectivity index (χ2v) is 10.1. The molecule has 0 heterocycles. The molecule has 0 aromatic carbocycles. The van der Waals surface area contributed by atoms with Crippen molar-refractivity contribution in [3.05, 3.63) is 0 Å². The van der Waals surface area contributed by atoms with Crippen LogP contribution in [0, 0.1) is 0 Å². The molecule has 0 aliphatic carbocycles. The lowest BCUT2D eigenvalue weighted by Gasteiger charge is -2.18. The molecule has 0 amide bonds. The zero-order valence-electron chi connectivity index (χ0n) is 14.0. The van der Waals surface area contributed by atoms with Gasteiger partial charge in [-0.05, 0) is 0 Å². The summed E-state index contributed by atoms with van der Waals surface area (Å²) in [5.74, 6) is 0. The molecule has 0 spiro atoms. The molecule has 184 valence electrons. The predicted octanol–water partition coefficient (Wildman–Crippen LogP) is 0.673. The average molecular weight is 537 g/mol. The van der Waals surface area contributed by atoms with Crippen LogP contribution >= 0.6 is 39.1 Å². The standard InChI is InChI=1S/7H3N.H7O16P5/c;;;;;;;1-17(2,3)13-19(7,8)15-21(11,12)16-20(9,10)14-18(4,5)6/h7*1H3;(H,7,8)(H,9,10)(H,11,12)(H2,1,2,3)(H2,4,5,6). The number of phosphoric acid groups is 5. The molecule has 28 heavy (non-hydrogen) atoms. The Labute approximate surface area is 157 Å². The van der Waals surface area contributed by atoms with Crippen molar-refractivity contribution < 1.29 is 74.3 Å². The van der Waals surface area contributed by atoms with Gasteiger partial charge in [0, 0.05) is 0 Å². The Morgan fingerprint density at radius 1 is 0.357 bits per heavy atom. The molecule has 2 unspecified atom stereocenters. The van der Waals surface area contributed by atoms with E-state index in [1.165, 1.54) is 0 Å². The quantitative estimate of drug-likeness (QED) is 0.189. The van der Waals surface area contributed by atoms with Crippen LogP contribution in [0.25, 0.3) is 0 Å². The fourth-order valence-electron chi connectivity index (χ4n) is 0.574. The maximum Gasteiger partial charge on any atom is 0.490 e. The van der Waals surface area contributed by atoms with Gasteiger partial charge in [-0.15, -0.1) is 0 Å². The van der Waals surface area contributed by atoms with Gasteiger partial charge in [0.05, 0.1) is 0 Å². The highest BCUT2D eigenvalue weighted by Crippen LogP contribution is 2.72. The minimum atomic E-state index is -6.07. The maximum atomic E-state index is 11.0. The zero-order valence-corrected chi connectivity index (χ0v) is 18.5. The summed E-state index contributed by atoms with van der Waals surface area (Å²) in [5, 5.41) is 0. The van der Waals surface area contributed by atoms with Crippen LogP contribution in [0.3, 0.4) is 0 Å². The van der Waals surface area contributed by atoms with Gasteiger partial charge in [0.25, 0.3) is 0 Å². The second-order valence-electron chi connectivity index (χ2n) is 2.71. The first-order valence-electron chi connectivity index (χ1n) is 3.77. The van der Waals surface area contributed by atoms with Crippen molar-refractivity contribution >= 4 is 39.1 Å². The number of hydrogen-bond donors (Lipinski definition) is 14. The molecule has 0 aromatic rings. The predicted molar refractivity (Wildman–Crippen MR) is 93.1 cm³/mol. The van der Waals surface area contributed by atoms with Gasteiger partial charge in [0.15, 0.2) is 0 Å². The van der Waals surface area contributed by atoms with Gasteiger partial charge in [0.1, 0.15) is 0 Å². The van der Waals surface area contributed by atoms with E-state index in [4.69, 9.17) is 34.3 Å². The molecule has 0 aliphatic heterocycles. The normalized spacial score (nSPS) is 16.5. The van der Waals surface area contributed by atoms with Crippen LogP contribution in [0.5, 0.6) is 0 Å². The molecular weight excluding hydrogens is 509 g/mol. The molecule has 2 atom stereocenters. The molecule has 28 heteroatoms. The van der Waals surface area contributed by atoms with Crippen LogP contribution in [0.4, 0.5) is 0 Å². The minimum Gasteiger partial charge on any atom is -0.344 e. The highest BCUT2D eigenvalue weighted by atomic mass is 31.3. The van der Waals surface area contributed by atoms with Crippen LogP contribution in [0.15, 0.2) is 0 Å². The largest absolute Gasteiger partial charge is 0.490 e. The van der Waals surface area contributed by atoms with Gasteiger partial charge in [-0.1, -0.05) is 0 Å². The first kappa shape index (κ1) is 51.2. The van der Waals surface area contributed by atoms with Gasteiger partial charge in [-0.25, -0.2) is 22.8 Å². The SMILES string of the molecule is N.N.N.N.N.N.N.O=P(O)(O)OP(=O)(O)OP(=O)(O)OP(=O)(O)OP(=O)(O)O. The molecule has 0 aliphatic rings. The summed E-state index contributed by atoms with van der Waals surface area (Å²) < 4.78 is 65.6. The van der Waals surface area contributed by atoms with Crippen molar-refractivity contribution in [1.29, 1.82) is 0 Å². The van der Waals surface area contributed by atoms with Crippen LogP contribution in [-0.4, -0.2) is 34.3 Å². The molecule has 0 aromatic heterocycles. The fourth-order valence-corrected chi connectivity index (χ4v) is 5.97. The zero-order chi connectivity index (χ0) is 17.3. The molecule has 0 bridgehead atoms. The summed E-state index contributed by atoms with van der Waals surface area (Å²) in [6.45, 7) is 0. The van der Waals surface area contributed by atoms with Gasteiger partial charge >= 0.3 is 39.1 Å². The molecule has 0 saturated heterocycles. The Morgan fingerprint density at radius 3 is 0.643 bits per heavy atom. The van der Waals surface area contributed by atoms with E-state index in [1.54, 1.807) is 0 Å². The van der Waals surface area contributed by atoms with Crippen molar-refractivity contribution in [2.24, 2.45) is 0 Å². The van der Waals surface area contributed by atoms with Crippen LogP contribution in [0.1, 0.15) is 0 Å². The number of rotatable bonds is 8. The maximum absolute atomic E-state index is 11.0. The molecule has 0 radical (unpaired) electrons. The molecule has 28 N–H and O–H groups in total. The van der Waals surface area contributed by atoms with E-state index in [0.29, 0.717) is 0 Å². The Bertz CT molecular complexity index is 569. The Hall–Kier alpha value is 0.430. The second kappa shape index (κ2) is 16.2. The average Bonchev–Trinajstić information content (AvgIpc) is 1.83. The van der Waals surface area contributed by atoms with Crippen LogP contribution in [0.2, 0.25) is 0 Å². The van der Waals surface area contributed by atoms with E-state index in [-0.39, 0.29) is 43.1 Å². The first-order chi connectivity index (χ1) is 8.83. The highest BCUT2D eigenvalue weighted by Gasteiger charge is 2.46. The monoisotopic (exact) mass is 537 g/mol. The summed E-state index contributed by atoms with van der Waals surface area (Å²) in [6.07, 6.45) is 0. The summed E-state index contributed by atoms with van der Waals surface area (Å²) >= 11 is 0. The summed E-state index contributed by atoms with van der Waals surface area (Å²) in [4.78, 5) is 58.7. The third kappa shape index (κ3) is 28.6. The van der Waals surface area contributed by atoms with Gasteiger partial charge in [-0.2, -0.15) is 17.2 Å². The Balaban J connectivity index is -0.0000000952. The summed E-state index contributed by atoms with van der Waals surface area (Å²) in [6, 6.07) is 0. The fraction of sp³-hybridized carbons (Fsp3) is 0. The van der Waals surface area contributed by atoms with Crippen molar-refractivity contribution in [2.45, 2.75) is 0 Å². The molecule has 0 saturated carbocycles. The van der Waals surface area contributed by atoms with Crippen molar-refractivity contribution in [1.82, 2.24) is 43.1 Å².